The molecule has 0 aliphatic rings. The van der Waals surface area contributed by atoms with Gasteiger partial charge in [0.15, 0.2) is 0 Å². The van der Waals surface area contributed by atoms with Crippen LogP contribution in [0.2, 0.25) is 0 Å². The number of fused-ring (bicyclic) bond motifs is 7. The molecule has 0 fully saturated rings. The van der Waals surface area contributed by atoms with Crippen molar-refractivity contribution < 1.29 is 4.42 Å². The van der Waals surface area contributed by atoms with Crippen LogP contribution in [-0.2, 0) is 5.41 Å². The summed E-state index contributed by atoms with van der Waals surface area (Å²) in [4.78, 5) is 0. The molecule has 0 N–H and O–H groups in total. The van der Waals surface area contributed by atoms with Crippen LogP contribution in [0.1, 0.15) is 26.3 Å². The van der Waals surface area contributed by atoms with Crippen molar-refractivity contribution >= 4 is 65.0 Å². The Balaban J connectivity index is 1.38. The van der Waals surface area contributed by atoms with Crippen LogP contribution >= 0.6 is 0 Å². The van der Waals surface area contributed by atoms with Gasteiger partial charge in [-0.1, -0.05) is 172 Å². The van der Waals surface area contributed by atoms with E-state index in [0.29, 0.717) is 0 Å². The molecule has 0 saturated heterocycles. The second-order valence-corrected chi connectivity index (χ2v) is 14.8. The van der Waals surface area contributed by atoms with Crippen molar-refractivity contribution in [3.8, 4) is 33.4 Å². The SMILES string of the molecule is CC(C)(C)c1c2ccccc2c(-c2cccc3oc4cccc(-c5c6ccccc6c(-c6ccccc6)c6ccccc56)c4c23)c2ccccc12. The second-order valence-electron chi connectivity index (χ2n) is 14.8. The molecule has 1 heterocycles. The molecule has 0 spiro atoms. The fourth-order valence-electron chi connectivity index (χ4n) is 8.84. The standard InChI is InChI=1S/C50H36O/c1-50(2,3)49-38-25-13-11-23-36(38)46(37-24-12-14-26-39(37)49)41-28-16-30-43-48(41)47-40(27-15-29-42(47)51-43)45-34-21-9-7-19-32(34)44(31-17-5-4-6-18-31)33-20-8-10-22-35(33)45/h4-30H,1-3H3. The first-order valence-corrected chi connectivity index (χ1v) is 17.9. The van der Waals surface area contributed by atoms with Gasteiger partial charge in [0, 0.05) is 10.8 Å². The second kappa shape index (κ2) is 11.2. The lowest BCUT2D eigenvalue weighted by atomic mass is 9.77. The van der Waals surface area contributed by atoms with Crippen LogP contribution in [-0.4, -0.2) is 0 Å². The van der Waals surface area contributed by atoms with Gasteiger partial charge in [0.1, 0.15) is 11.2 Å². The van der Waals surface area contributed by atoms with Gasteiger partial charge in [-0.05, 0) is 99.6 Å². The van der Waals surface area contributed by atoms with Gasteiger partial charge >= 0.3 is 0 Å². The van der Waals surface area contributed by atoms with Crippen molar-refractivity contribution in [2.75, 3.05) is 0 Å². The molecule has 0 aliphatic heterocycles. The minimum atomic E-state index is -0.0344. The van der Waals surface area contributed by atoms with E-state index in [2.05, 4.69) is 185 Å². The van der Waals surface area contributed by atoms with Crippen LogP contribution in [0, 0.1) is 0 Å². The molecule has 10 rings (SSSR count). The van der Waals surface area contributed by atoms with Crippen molar-refractivity contribution in [1.82, 2.24) is 0 Å². The molecule has 51 heavy (non-hydrogen) atoms. The summed E-state index contributed by atoms with van der Waals surface area (Å²) in [6, 6.07) is 59.7. The Morgan fingerprint density at radius 1 is 0.333 bits per heavy atom. The molecule has 1 aromatic heterocycles. The Kier molecular flexibility index (Phi) is 6.51. The average molecular weight is 653 g/mol. The number of hydrogen-bond donors (Lipinski definition) is 0. The molecular formula is C50H36O. The zero-order valence-corrected chi connectivity index (χ0v) is 29.0. The molecular weight excluding hydrogens is 617 g/mol. The van der Waals surface area contributed by atoms with Gasteiger partial charge in [0.05, 0.1) is 0 Å². The minimum Gasteiger partial charge on any atom is -0.456 e. The predicted molar refractivity (Wildman–Crippen MR) is 219 cm³/mol. The molecule has 0 amide bonds. The Hall–Kier alpha value is -6.18. The van der Waals surface area contributed by atoms with Crippen molar-refractivity contribution in [3.05, 3.63) is 169 Å². The van der Waals surface area contributed by atoms with E-state index in [1.54, 1.807) is 0 Å². The number of rotatable bonds is 3. The summed E-state index contributed by atoms with van der Waals surface area (Å²) >= 11 is 0. The lowest BCUT2D eigenvalue weighted by Crippen LogP contribution is -2.13. The Morgan fingerprint density at radius 3 is 1.10 bits per heavy atom. The molecule has 1 heteroatoms. The molecule has 0 radical (unpaired) electrons. The van der Waals surface area contributed by atoms with Crippen LogP contribution in [0.4, 0.5) is 0 Å². The van der Waals surface area contributed by atoms with Gasteiger partial charge in [-0.15, -0.1) is 0 Å². The third-order valence-corrected chi connectivity index (χ3v) is 10.7. The molecule has 10 aromatic rings. The zero-order chi connectivity index (χ0) is 34.3. The third-order valence-electron chi connectivity index (χ3n) is 10.7. The van der Waals surface area contributed by atoms with E-state index >= 15 is 0 Å². The topological polar surface area (TPSA) is 13.1 Å². The monoisotopic (exact) mass is 652 g/mol. The lowest BCUT2D eigenvalue weighted by molar-refractivity contribution is 0.601. The fraction of sp³-hybridized carbons (Fsp3) is 0.0800. The van der Waals surface area contributed by atoms with Crippen LogP contribution < -0.4 is 0 Å². The largest absolute Gasteiger partial charge is 0.456 e. The van der Waals surface area contributed by atoms with Crippen LogP contribution in [0.3, 0.4) is 0 Å². The smallest absolute Gasteiger partial charge is 0.136 e. The molecule has 0 saturated carbocycles. The Morgan fingerprint density at radius 2 is 0.686 bits per heavy atom. The summed E-state index contributed by atoms with van der Waals surface area (Å²) in [7, 11) is 0. The van der Waals surface area contributed by atoms with Gasteiger partial charge in [-0.25, -0.2) is 0 Å². The highest BCUT2D eigenvalue weighted by Gasteiger charge is 2.26. The highest BCUT2D eigenvalue weighted by molar-refractivity contribution is 6.28. The highest BCUT2D eigenvalue weighted by Crippen LogP contribution is 2.50. The van der Waals surface area contributed by atoms with Crippen LogP contribution in [0.15, 0.2) is 168 Å². The van der Waals surface area contributed by atoms with Crippen molar-refractivity contribution in [2.24, 2.45) is 0 Å². The van der Waals surface area contributed by atoms with Gasteiger partial charge in [-0.2, -0.15) is 0 Å². The van der Waals surface area contributed by atoms with Crippen molar-refractivity contribution in [1.29, 1.82) is 0 Å². The zero-order valence-electron chi connectivity index (χ0n) is 29.0. The summed E-state index contributed by atoms with van der Waals surface area (Å²) in [6.45, 7) is 6.99. The molecule has 0 unspecified atom stereocenters. The van der Waals surface area contributed by atoms with E-state index in [9.17, 15) is 0 Å². The van der Waals surface area contributed by atoms with Gasteiger partial charge in [-0.3, -0.25) is 0 Å². The maximum Gasteiger partial charge on any atom is 0.136 e. The van der Waals surface area contributed by atoms with Crippen molar-refractivity contribution in [3.63, 3.8) is 0 Å². The molecule has 0 bridgehead atoms. The van der Waals surface area contributed by atoms with E-state index in [1.807, 2.05) is 0 Å². The number of benzene rings is 9. The first kappa shape index (κ1) is 29.7. The maximum absolute atomic E-state index is 6.80. The summed E-state index contributed by atoms with van der Waals surface area (Å²) in [5.41, 5.74) is 10.5. The predicted octanol–water partition coefficient (Wildman–Crippen LogP) is 14.5. The van der Waals surface area contributed by atoms with Crippen molar-refractivity contribution in [2.45, 2.75) is 26.2 Å². The maximum atomic E-state index is 6.80. The first-order valence-electron chi connectivity index (χ1n) is 17.9. The Bertz CT molecular complexity index is 2880. The van der Waals surface area contributed by atoms with E-state index in [0.717, 1.165) is 21.9 Å². The average Bonchev–Trinajstić information content (AvgIpc) is 3.55. The summed E-state index contributed by atoms with van der Waals surface area (Å²) in [6.07, 6.45) is 0. The number of hydrogen-bond acceptors (Lipinski definition) is 1. The molecule has 0 atom stereocenters. The van der Waals surface area contributed by atoms with Gasteiger partial charge < -0.3 is 4.42 Å². The normalized spacial score (nSPS) is 12.2. The summed E-state index contributed by atoms with van der Waals surface area (Å²) in [5.74, 6) is 0. The molecule has 1 nitrogen and oxygen atoms in total. The van der Waals surface area contributed by atoms with Gasteiger partial charge in [0.25, 0.3) is 0 Å². The summed E-state index contributed by atoms with van der Waals surface area (Å²) < 4.78 is 6.80. The quantitative estimate of drug-likeness (QED) is 0.173. The van der Waals surface area contributed by atoms with E-state index in [-0.39, 0.29) is 5.41 Å². The first-order chi connectivity index (χ1) is 25.0. The van der Waals surface area contributed by atoms with Gasteiger partial charge in [0.2, 0.25) is 0 Å². The Labute approximate surface area is 297 Å². The minimum absolute atomic E-state index is 0.0344. The van der Waals surface area contributed by atoms with E-state index < -0.39 is 0 Å². The number of furan rings is 1. The highest BCUT2D eigenvalue weighted by atomic mass is 16.3. The van der Waals surface area contributed by atoms with E-state index in [1.165, 1.54) is 82.0 Å². The molecule has 242 valence electrons. The van der Waals surface area contributed by atoms with Crippen LogP contribution in [0.5, 0.6) is 0 Å². The molecule has 0 aliphatic carbocycles. The molecule has 9 aromatic carbocycles. The van der Waals surface area contributed by atoms with Crippen LogP contribution in [0.25, 0.3) is 98.4 Å². The summed E-state index contributed by atoms with van der Waals surface area (Å²) in [5, 5.41) is 12.4. The third kappa shape index (κ3) is 4.41. The van der Waals surface area contributed by atoms with E-state index in [4.69, 9.17) is 4.42 Å². The lowest BCUT2D eigenvalue weighted by Gasteiger charge is -2.26. The fourth-order valence-corrected chi connectivity index (χ4v) is 8.84.